The van der Waals surface area contributed by atoms with E-state index in [0.29, 0.717) is 25.4 Å². The van der Waals surface area contributed by atoms with E-state index in [0.717, 1.165) is 32.7 Å². The summed E-state index contributed by atoms with van der Waals surface area (Å²) in [6.07, 6.45) is 5.06. The lowest BCUT2D eigenvalue weighted by Crippen LogP contribution is -2.47. The fraction of sp³-hybridized carbons (Fsp3) is 1.00. The van der Waals surface area contributed by atoms with Crippen LogP contribution in [0, 0.1) is 5.41 Å². The van der Waals surface area contributed by atoms with Crippen LogP contribution in [0.3, 0.4) is 0 Å². The summed E-state index contributed by atoms with van der Waals surface area (Å²) in [5.74, 6) is 0. The van der Waals surface area contributed by atoms with Gasteiger partial charge in [0, 0.05) is 11.8 Å². The number of ether oxygens (including phenoxy) is 6. The van der Waals surface area contributed by atoms with Gasteiger partial charge in [-0.15, -0.1) is 0 Å². The van der Waals surface area contributed by atoms with E-state index in [1.54, 1.807) is 0 Å². The molecule has 3 aliphatic heterocycles. The van der Waals surface area contributed by atoms with E-state index < -0.39 is 0 Å². The Kier molecular flexibility index (Phi) is 4.41. The third kappa shape index (κ3) is 3.47. The summed E-state index contributed by atoms with van der Waals surface area (Å²) >= 11 is 0. The predicted molar refractivity (Wildman–Crippen MR) is 76.4 cm³/mol. The maximum absolute atomic E-state index is 5.92. The predicted octanol–water partition coefficient (Wildman–Crippen LogP) is 1.47. The Balaban J connectivity index is 1.12. The fourth-order valence-electron chi connectivity index (χ4n) is 3.57. The minimum absolute atomic E-state index is 0.112. The third-order valence-corrected chi connectivity index (χ3v) is 5.09. The standard InChI is InChI=1S/C16H26O6/c1-11(18-7-12-8-19-12)17-6-4-14-20-9-16(10-21-14)5-2-3-13-15(16)22-13/h11-15H,2-10H2,1H3. The van der Waals surface area contributed by atoms with Crippen molar-refractivity contribution in [1.29, 1.82) is 0 Å². The van der Waals surface area contributed by atoms with Gasteiger partial charge in [0.15, 0.2) is 12.6 Å². The first-order valence-corrected chi connectivity index (χ1v) is 8.49. The van der Waals surface area contributed by atoms with Gasteiger partial charge in [-0.3, -0.25) is 0 Å². The van der Waals surface area contributed by atoms with Gasteiger partial charge in [0.2, 0.25) is 0 Å². The van der Waals surface area contributed by atoms with Crippen molar-refractivity contribution in [2.24, 2.45) is 5.41 Å². The van der Waals surface area contributed by atoms with Gasteiger partial charge in [0.25, 0.3) is 0 Å². The van der Waals surface area contributed by atoms with Crippen LogP contribution in [-0.2, 0) is 28.4 Å². The summed E-state index contributed by atoms with van der Waals surface area (Å²) in [4.78, 5) is 0. The Morgan fingerprint density at radius 1 is 1.18 bits per heavy atom. The highest BCUT2D eigenvalue weighted by Gasteiger charge is 2.58. The molecule has 0 aromatic rings. The molecule has 0 radical (unpaired) electrons. The molecule has 4 fully saturated rings. The molecule has 6 nitrogen and oxygen atoms in total. The van der Waals surface area contributed by atoms with Gasteiger partial charge in [-0.25, -0.2) is 0 Å². The van der Waals surface area contributed by atoms with Crippen molar-refractivity contribution in [1.82, 2.24) is 0 Å². The lowest BCUT2D eigenvalue weighted by Gasteiger charge is -2.40. The van der Waals surface area contributed by atoms with Crippen molar-refractivity contribution in [3.05, 3.63) is 0 Å². The van der Waals surface area contributed by atoms with Crippen LogP contribution < -0.4 is 0 Å². The van der Waals surface area contributed by atoms with Crippen LogP contribution in [0.25, 0.3) is 0 Å². The quantitative estimate of drug-likeness (QED) is 0.524. The summed E-state index contributed by atoms with van der Waals surface area (Å²) in [5.41, 5.74) is 0.112. The van der Waals surface area contributed by atoms with Crippen LogP contribution in [-0.4, -0.2) is 63.9 Å². The summed E-state index contributed by atoms with van der Waals surface area (Å²) in [5, 5.41) is 0. The smallest absolute Gasteiger partial charge is 0.159 e. The molecule has 3 saturated heterocycles. The molecule has 6 heteroatoms. The van der Waals surface area contributed by atoms with Crippen molar-refractivity contribution < 1.29 is 28.4 Å². The van der Waals surface area contributed by atoms with Gasteiger partial charge in [-0.05, 0) is 26.2 Å². The van der Waals surface area contributed by atoms with E-state index in [1.807, 2.05) is 6.92 Å². The summed E-state index contributed by atoms with van der Waals surface area (Å²) < 4.78 is 33.8. The van der Waals surface area contributed by atoms with Gasteiger partial charge < -0.3 is 28.4 Å². The van der Waals surface area contributed by atoms with E-state index in [9.17, 15) is 0 Å². The highest BCUT2D eigenvalue weighted by atomic mass is 16.7. The normalized spacial score (nSPS) is 44.6. The third-order valence-electron chi connectivity index (χ3n) is 5.09. The minimum Gasteiger partial charge on any atom is -0.371 e. The Bertz CT molecular complexity index is 377. The first kappa shape index (κ1) is 15.3. The molecule has 1 saturated carbocycles. The number of epoxide rings is 2. The van der Waals surface area contributed by atoms with Crippen LogP contribution in [0.4, 0.5) is 0 Å². The molecule has 0 aromatic carbocycles. The van der Waals surface area contributed by atoms with Crippen LogP contribution >= 0.6 is 0 Å². The topological polar surface area (TPSA) is 62.0 Å². The Morgan fingerprint density at radius 3 is 2.77 bits per heavy atom. The van der Waals surface area contributed by atoms with E-state index in [-0.39, 0.29) is 24.1 Å². The Labute approximate surface area is 131 Å². The molecule has 4 atom stereocenters. The molecular weight excluding hydrogens is 288 g/mol. The minimum atomic E-state index is -0.210. The summed E-state index contributed by atoms with van der Waals surface area (Å²) in [6.45, 7) is 5.42. The number of fused-ring (bicyclic) bond motifs is 2. The van der Waals surface area contributed by atoms with E-state index >= 15 is 0 Å². The zero-order valence-electron chi connectivity index (χ0n) is 13.2. The van der Waals surface area contributed by atoms with Crippen molar-refractivity contribution >= 4 is 0 Å². The van der Waals surface area contributed by atoms with Crippen molar-refractivity contribution in [2.45, 2.75) is 63.5 Å². The molecule has 1 spiro atoms. The van der Waals surface area contributed by atoms with Crippen LogP contribution in [0.15, 0.2) is 0 Å². The van der Waals surface area contributed by atoms with Crippen molar-refractivity contribution in [2.75, 3.05) is 33.0 Å². The van der Waals surface area contributed by atoms with Crippen molar-refractivity contribution in [3.8, 4) is 0 Å². The van der Waals surface area contributed by atoms with Gasteiger partial charge >= 0.3 is 0 Å². The average molecular weight is 314 g/mol. The molecule has 3 heterocycles. The van der Waals surface area contributed by atoms with E-state index in [1.165, 1.54) is 12.8 Å². The zero-order chi connectivity index (χ0) is 15.0. The monoisotopic (exact) mass is 314 g/mol. The zero-order valence-corrected chi connectivity index (χ0v) is 13.2. The second-order valence-corrected chi connectivity index (χ2v) is 6.92. The van der Waals surface area contributed by atoms with Crippen molar-refractivity contribution in [3.63, 3.8) is 0 Å². The van der Waals surface area contributed by atoms with Gasteiger partial charge in [0.05, 0.1) is 45.2 Å². The maximum atomic E-state index is 5.92. The molecule has 0 amide bonds. The van der Waals surface area contributed by atoms with Crippen LogP contribution in [0.1, 0.15) is 32.6 Å². The second kappa shape index (κ2) is 6.34. The number of hydrogen-bond donors (Lipinski definition) is 0. The second-order valence-electron chi connectivity index (χ2n) is 6.92. The molecular formula is C16H26O6. The van der Waals surface area contributed by atoms with E-state index in [4.69, 9.17) is 28.4 Å². The first-order valence-electron chi connectivity index (χ1n) is 8.49. The average Bonchev–Trinajstić information content (AvgIpc) is 3.41. The van der Waals surface area contributed by atoms with Gasteiger partial charge in [0.1, 0.15) is 6.10 Å². The SMILES string of the molecule is CC(OCCC1OCC2(CCCC3OC32)CO1)OCC1CO1. The first-order chi connectivity index (χ1) is 10.8. The number of rotatable bonds is 7. The maximum Gasteiger partial charge on any atom is 0.159 e. The molecule has 4 rings (SSSR count). The summed E-state index contributed by atoms with van der Waals surface area (Å²) in [6, 6.07) is 0. The van der Waals surface area contributed by atoms with Gasteiger partial charge in [-0.2, -0.15) is 0 Å². The van der Waals surface area contributed by atoms with E-state index in [2.05, 4.69) is 0 Å². The molecule has 4 aliphatic rings. The lowest BCUT2D eigenvalue weighted by molar-refractivity contribution is -0.245. The summed E-state index contributed by atoms with van der Waals surface area (Å²) in [7, 11) is 0. The molecule has 126 valence electrons. The Hall–Kier alpha value is -0.240. The highest BCUT2D eigenvalue weighted by Crippen LogP contribution is 2.50. The largest absolute Gasteiger partial charge is 0.371 e. The molecule has 0 N–H and O–H groups in total. The fourth-order valence-corrected chi connectivity index (χ4v) is 3.57. The molecule has 22 heavy (non-hydrogen) atoms. The lowest BCUT2D eigenvalue weighted by atomic mass is 9.75. The molecule has 4 unspecified atom stereocenters. The number of hydrogen-bond acceptors (Lipinski definition) is 6. The van der Waals surface area contributed by atoms with Crippen LogP contribution in [0.5, 0.6) is 0 Å². The molecule has 0 aromatic heterocycles. The molecule has 1 aliphatic carbocycles. The van der Waals surface area contributed by atoms with Crippen LogP contribution in [0.2, 0.25) is 0 Å². The van der Waals surface area contributed by atoms with Gasteiger partial charge in [-0.1, -0.05) is 0 Å². The Morgan fingerprint density at radius 2 is 2.00 bits per heavy atom. The highest BCUT2D eigenvalue weighted by molar-refractivity contribution is 5.05. The molecule has 0 bridgehead atoms.